The van der Waals surface area contributed by atoms with Gasteiger partial charge in [0.15, 0.2) is 0 Å². The van der Waals surface area contributed by atoms with Crippen molar-refractivity contribution < 1.29 is 0 Å². The lowest BCUT2D eigenvalue weighted by atomic mass is 9.94. The zero-order valence-corrected chi connectivity index (χ0v) is 17.8. The van der Waals surface area contributed by atoms with Gasteiger partial charge in [0.2, 0.25) is 0 Å². The molecular weight excluding hydrogens is 374 g/mol. The second-order valence-corrected chi connectivity index (χ2v) is 9.33. The molecule has 0 saturated carbocycles. The number of fused-ring (bicyclic) bond motifs is 3. The maximum absolute atomic E-state index is 5.02. The minimum atomic E-state index is 1.13. The fraction of sp³-hybridized carbons (Fsp3) is 0.400. The molecule has 1 saturated heterocycles. The predicted molar refractivity (Wildman–Crippen MR) is 123 cm³/mol. The van der Waals surface area contributed by atoms with Crippen LogP contribution < -0.4 is 4.90 Å². The Morgan fingerprint density at radius 1 is 0.828 bits per heavy atom. The Morgan fingerprint density at radius 2 is 1.62 bits per heavy atom. The van der Waals surface area contributed by atoms with Gasteiger partial charge < -0.3 is 4.90 Å². The molecule has 2 aliphatic rings. The van der Waals surface area contributed by atoms with Crippen LogP contribution in [0.4, 0.5) is 5.69 Å². The summed E-state index contributed by atoms with van der Waals surface area (Å²) in [5.41, 5.74) is 5.46. The van der Waals surface area contributed by atoms with Gasteiger partial charge in [-0.25, -0.2) is 4.98 Å². The van der Waals surface area contributed by atoms with Crippen molar-refractivity contribution in [2.24, 2.45) is 0 Å². The normalized spacial score (nSPS) is 16.5. The van der Waals surface area contributed by atoms with E-state index >= 15 is 0 Å². The molecule has 0 radical (unpaired) electrons. The second-order valence-electron chi connectivity index (χ2n) is 8.16. The fourth-order valence-corrected chi connectivity index (χ4v) is 5.71. The number of anilines is 1. The van der Waals surface area contributed by atoms with Gasteiger partial charge in [0.1, 0.15) is 0 Å². The first kappa shape index (κ1) is 18.8. The van der Waals surface area contributed by atoms with Crippen LogP contribution in [0.2, 0.25) is 0 Å². The van der Waals surface area contributed by atoms with Crippen molar-refractivity contribution in [3.63, 3.8) is 0 Å². The number of unbranched alkanes of at least 4 members (excludes halogenated alkanes) is 1. The van der Waals surface area contributed by atoms with Crippen LogP contribution in [-0.4, -0.2) is 42.6 Å². The number of aromatic nitrogens is 1. The van der Waals surface area contributed by atoms with Gasteiger partial charge in [-0.1, -0.05) is 42.5 Å². The van der Waals surface area contributed by atoms with Gasteiger partial charge in [0.25, 0.3) is 0 Å². The number of aryl methyl sites for hydroxylation is 3. The van der Waals surface area contributed by atoms with E-state index in [1.54, 1.807) is 0 Å². The average molecular weight is 404 g/mol. The lowest BCUT2D eigenvalue weighted by Gasteiger charge is -2.36. The molecule has 0 atom stereocenters. The third-order valence-electron chi connectivity index (χ3n) is 6.24. The monoisotopic (exact) mass is 403 g/mol. The number of benzene rings is 2. The summed E-state index contributed by atoms with van der Waals surface area (Å²) in [4.78, 5) is 11.7. The summed E-state index contributed by atoms with van der Waals surface area (Å²) in [5, 5.41) is 1.33. The predicted octanol–water partition coefficient (Wildman–Crippen LogP) is 5.05. The van der Waals surface area contributed by atoms with Gasteiger partial charge in [-0.15, -0.1) is 11.3 Å². The van der Waals surface area contributed by atoms with E-state index in [1.807, 2.05) is 11.3 Å². The molecule has 150 valence electrons. The van der Waals surface area contributed by atoms with Crippen LogP contribution in [0.15, 0.2) is 54.6 Å². The van der Waals surface area contributed by atoms with Crippen molar-refractivity contribution in [1.82, 2.24) is 9.88 Å². The molecule has 0 spiro atoms. The molecule has 5 rings (SSSR count). The van der Waals surface area contributed by atoms with Crippen molar-refractivity contribution in [1.29, 1.82) is 0 Å². The van der Waals surface area contributed by atoms with Crippen LogP contribution in [0, 0.1) is 0 Å². The first-order valence-corrected chi connectivity index (χ1v) is 11.8. The van der Waals surface area contributed by atoms with Crippen molar-refractivity contribution in [3.05, 3.63) is 70.0 Å². The molecule has 2 aromatic carbocycles. The van der Waals surface area contributed by atoms with Gasteiger partial charge in [-0.3, -0.25) is 4.90 Å². The van der Waals surface area contributed by atoms with Crippen molar-refractivity contribution >= 4 is 17.0 Å². The summed E-state index contributed by atoms with van der Waals surface area (Å²) in [6, 6.07) is 19.6. The quantitative estimate of drug-likeness (QED) is 0.537. The van der Waals surface area contributed by atoms with Crippen molar-refractivity contribution in [3.8, 4) is 11.3 Å². The number of piperazine rings is 1. The Kier molecular flexibility index (Phi) is 5.64. The topological polar surface area (TPSA) is 19.4 Å². The lowest BCUT2D eigenvalue weighted by Crippen LogP contribution is -2.46. The summed E-state index contributed by atoms with van der Waals surface area (Å²) in [6.07, 6.45) is 5.97. The Balaban J connectivity index is 1.08. The van der Waals surface area contributed by atoms with Crippen molar-refractivity contribution in [2.45, 2.75) is 32.1 Å². The third kappa shape index (κ3) is 4.24. The van der Waals surface area contributed by atoms with Gasteiger partial charge >= 0.3 is 0 Å². The molecule has 4 heteroatoms. The number of thiazole rings is 1. The van der Waals surface area contributed by atoms with E-state index in [0.717, 1.165) is 25.9 Å². The molecule has 3 nitrogen and oxygen atoms in total. The molecule has 29 heavy (non-hydrogen) atoms. The van der Waals surface area contributed by atoms with Crippen LogP contribution in [-0.2, 0) is 19.3 Å². The maximum Gasteiger partial charge on any atom is 0.0935 e. The van der Waals surface area contributed by atoms with Crippen LogP contribution in [0.3, 0.4) is 0 Å². The van der Waals surface area contributed by atoms with Crippen LogP contribution in [0.1, 0.15) is 28.3 Å². The second kappa shape index (κ2) is 8.68. The van der Waals surface area contributed by atoms with E-state index in [0.29, 0.717) is 0 Å². The molecule has 3 aromatic rings. The number of para-hydroxylation sites is 1. The summed E-state index contributed by atoms with van der Waals surface area (Å²) in [7, 11) is 0. The van der Waals surface area contributed by atoms with Gasteiger partial charge in [0, 0.05) is 42.3 Å². The number of hydrogen-bond donors (Lipinski definition) is 0. The van der Waals surface area contributed by atoms with E-state index < -0.39 is 0 Å². The highest BCUT2D eigenvalue weighted by molar-refractivity contribution is 7.12. The summed E-state index contributed by atoms with van der Waals surface area (Å²) in [5.74, 6) is 0. The van der Waals surface area contributed by atoms with Crippen LogP contribution >= 0.6 is 11.3 Å². The molecule has 0 unspecified atom stereocenters. The van der Waals surface area contributed by atoms with Crippen molar-refractivity contribution in [2.75, 3.05) is 37.6 Å². The first-order chi connectivity index (χ1) is 14.4. The Hall–Kier alpha value is -2.17. The minimum absolute atomic E-state index is 1.13. The maximum atomic E-state index is 5.02. The smallest absolute Gasteiger partial charge is 0.0935 e. The highest BCUT2D eigenvalue weighted by Crippen LogP contribution is 2.36. The first-order valence-electron chi connectivity index (χ1n) is 11.0. The molecule has 1 aliphatic carbocycles. The van der Waals surface area contributed by atoms with Gasteiger partial charge in [-0.05, 0) is 56.3 Å². The van der Waals surface area contributed by atoms with E-state index in [1.165, 1.54) is 71.3 Å². The molecule has 2 heterocycles. The highest BCUT2D eigenvalue weighted by atomic mass is 32.1. The average Bonchev–Trinajstić information content (AvgIpc) is 3.21. The molecule has 1 fully saturated rings. The van der Waals surface area contributed by atoms with Crippen LogP contribution in [0.25, 0.3) is 11.3 Å². The zero-order valence-electron chi connectivity index (χ0n) is 17.0. The summed E-state index contributed by atoms with van der Waals surface area (Å²) in [6.45, 7) is 5.86. The molecule has 1 aromatic heterocycles. The summed E-state index contributed by atoms with van der Waals surface area (Å²) < 4.78 is 0. The number of hydrogen-bond acceptors (Lipinski definition) is 4. The number of nitrogens with zero attached hydrogens (tertiary/aromatic N) is 3. The SMILES string of the molecule is c1ccc(N2CCN(CCCCc3nc4c(s3)CCc3ccccc3-4)CC2)cc1. The third-order valence-corrected chi connectivity index (χ3v) is 7.42. The number of rotatable bonds is 6. The molecule has 0 amide bonds. The summed E-state index contributed by atoms with van der Waals surface area (Å²) >= 11 is 1.95. The molecule has 1 aliphatic heterocycles. The largest absolute Gasteiger partial charge is 0.369 e. The zero-order chi connectivity index (χ0) is 19.5. The molecule has 0 N–H and O–H groups in total. The Labute approximate surface area is 178 Å². The van der Waals surface area contributed by atoms with E-state index in [9.17, 15) is 0 Å². The molecular formula is C25H29N3S. The lowest BCUT2D eigenvalue weighted by molar-refractivity contribution is 0.253. The van der Waals surface area contributed by atoms with E-state index in [4.69, 9.17) is 4.98 Å². The Bertz CT molecular complexity index is 942. The molecule has 0 bridgehead atoms. The van der Waals surface area contributed by atoms with E-state index in [-0.39, 0.29) is 0 Å². The Morgan fingerprint density at radius 3 is 2.48 bits per heavy atom. The standard InChI is InChI=1S/C25H29N3S/c1-2-9-21(10-3-1)28-18-16-27(17-19-28)15-7-6-12-24-26-25-22-11-5-4-8-20(22)13-14-23(25)29-24/h1-5,8-11H,6-7,12-19H2. The van der Waals surface area contributed by atoms with Gasteiger partial charge in [0.05, 0.1) is 10.7 Å². The van der Waals surface area contributed by atoms with E-state index in [2.05, 4.69) is 64.4 Å². The van der Waals surface area contributed by atoms with Gasteiger partial charge in [-0.2, -0.15) is 0 Å². The highest BCUT2D eigenvalue weighted by Gasteiger charge is 2.20. The minimum Gasteiger partial charge on any atom is -0.369 e. The van der Waals surface area contributed by atoms with Crippen LogP contribution in [0.5, 0.6) is 0 Å². The fourth-order valence-electron chi connectivity index (χ4n) is 4.58.